The molecule has 1 saturated carbocycles. The first-order valence-corrected chi connectivity index (χ1v) is 6.89. The molecular formula is C15H25N3O. The standard InChI is InChI=1S/C15H25N3O/c1-6-7-18-12(19)17-11(16)15(18)9-13(2,3)8-14(4,5)10-15/h6H,1,7-10H2,2-5H3,(H2,16,17,19). The Morgan fingerprint density at radius 2 is 1.79 bits per heavy atom. The summed E-state index contributed by atoms with van der Waals surface area (Å²) in [6, 6.07) is -0.217. The minimum absolute atomic E-state index is 0.145. The van der Waals surface area contributed by atoms with Crippen LogP contribution in [0.4, 0.5) is 4.79 Å². The van der Waals surface area contributed by atoms with E-state index in [4.69, 9.17) is 5.73 Å². The summed E-state index contributed by atoms with van der Waals surface area (Å²) in [5, 5.41) is 0. The Morgan fingerprint density at radius 3 is 2.26 bits per heavy atom. The molecule has 0 unspecified atom stereocenters. The van der Waals surface area contributed by atoms with Crippen LogP contribution >= 0.6 is 0 Å². The molecular weight excluding hydrogens is 238 g/mol. The maximum Gasteiger partial charge on any atom is 0.346 e. The van der Waals surface area contributed by atoms with Gasteiger partial charge in [0.2, 0.25) is 0 Å². The summed E-state index contributed by atoms with van der Waals surface area (Å²) in [6.45, 7) is 13.2. The Morgan fingerprint density at radius 1 is 1.26 bits per heavy atom. The van der Waals surface area contributed by atoms with Gasteiger partial charge in [-0.3, -0.25) is 0 Å². The lowest BCUT2D eigenvalue weighted by atomic mass is 9.57. The van der Waals surface area contributed by atoms with E-state index in [2.05, 4.69) is 39.3 Å². The van der Waals surface area contributed by atoms with Gasteiger partial charge in [-0.05, 0) is 30.1 Å². The van der Waals surface area contributed by atoms with Crippen LogP contribution in [0.25, 0.3) is 0 Å². The van der Waals surface area contributed by atoms with Gasteiger partial charge in [0.05, 0.1) is 0 Å². The number of nitrogens with two attached hydrogens (primary N) is 1. The molecule has 2 aliphatic rings. The van der Waals surface area contributed by atoms with Gasteiger partial charge in [0, 0.05) is 6.54 Å². The number of carbonyl (C=O) groups is 1. The number of rotatable bonds is 2. The minimum Gasteiger partial charge on any atom is -0.385 e. The molecule has 1 aliphatic heterocycles. The lowest BCUT2D eigenvalue weighted by Crippen LogP contribution is -2.61. The number of amides is 2. The van der Waals surface area contributed by atoms with E-state index >= 15 is 0 Å². The number of carbonyl (C=O) groups excluding carboxylic acids is 1. The van der Waals surface area contributed by atoms with Crippen LogP contribution in [0.15, 0.2) is 17.6 Å². The van der Waals surface area contributed by atoms with Crippen molar-refractivity contribution in [1.29, 1.82) is 0 Å². The molecule has 0 aromatic carbocycles. The molecule has 4 nitrogen and oxygen atoms in total. The van der Waals surface area contributed by atoms with Gasteiger partial charge < -0.3 is 10.6 Å². The molecule has 0 aromatic heterocycles. The van der Waals surface area contributed by atoms with Crippen LogP contribution < -0.4 is 5.73 Å². The van der Waals surface area contributed by atoms with E-state index in [1.165, 1.54) is 0 Å². The largest absolute Gasteiger partial charge is 0.385 e. The molecule has 0 atom stereocenters. The number of hydrogen-bond donors (Lipinski definition) is 1. The van der Waals surface area contributed by atoms with Crippen molar-refractivity contribution >= 4 is 11.9 Å². The Bertz CT molecular complexity index is 432. The van der Waals surface area contributed by atoms with Crippen LogP contribution in [0, 0.1) is 10.8 Å². The first-order valence-electron chi connectivity index (χ1n) is 6.89. The topological polar surface area (TPSA) is 58.7 Å². The molecule has 2 N–H and O–H groups in total. The van der Waals surface area contributed by atoms with E-state index in [1.807, 2.05) is 0 Å². The summed E-state index contributed by atoms with van der Waals surface area (Å²) >= 11 is 0. The van der Waals surface area contributed by atoms with Crippen molar-refractivity contribution in [2.24, 2.45) is 21.6 Å². The predicted molar refractivity (Wildman–Crippen MR) is 78.1 cm³/mol. The van der Waals surface area contributed by atoms with Gasteiger partial charge >= 0.3 is 6.03 Å². The van der Waals surface area contributed by atoms with E-state index in [1.54, 1.807) is 11.0 Å². The summed E-state index contributed by atoms with van der Waals surface area (Å²) in [6.07, 6.45) is 4.63. The highest BCUT2D eigenvalue weighted by Gasteiger charge is 2.56. The fraction of sp³-hybridized carbons (Fsp3) is 0.733. The normalized spacial score (nSPS) is 27.5. The second-order valence-corrected chi connectivity index (χ2v) is 7.57. The molecule has 1 heterocycles. The highest BCUT2D eigenvalue weighted by Crippen LogP contribution is 2.53. The van der Waals surface area contributed by atoms with Crippen LogP contribution in [0.3, 0.4) is 0 Å². The molecule has 2 rings (SSSR count). The molecule has 4 heteroatoms. The minimum atomic E-state index is -0.420. The lowest BCUT2D eigenvalue weighted by Gasteiger charge is -2.53. The summed E-state index contributed by atoms with van der Waals surface area (Å²) in [4.78, 5) is 17.9. The fourth-order valence-electron chi connectivity index (χ4n) is 4.41. The zero-order valence-corrected chi connectivity index (χ0v) is 12.5. The van der Waals surface area contributed by atoms with Crippen molar-refractivity contribution in [2.45, 2.75) is 52.5 Å². The van der Waals surface area contributed by atoms with Gasteiger partial charge in [-0.25, -0.2) is 4.79 Å². The van der Waals surface area contributed by atoms with Crippen molar-refractivity contribution in [3.05, 3.63) is 12.7 Å². The van der Waals surface area contributed by atoms with Gasteiger partial charge in [-0.2, -0.15) is 4.99 Å². The van der Waals surface area contributed by atoms with E-state index in [-0.39, 0.29) is 16.9 Å². The third kappa shape index (κ3) is 2.28. The Hall–Kier alpha value is -1.32. The Balaban J connectivity index is 2.46. The number of aliphatic imine (C=N–C) groups is 1. The highest BCUT2D eigenvalue weighted by molar-refractivity contribution is 6.06. The van der Waals surface area contributed by atoms with Crippen LogP contribution in [0.1, 0.15) is 47.0 Å². The number of urea groups is 1. The average Bonchev–Trinajstić information content (AvgIpc) is 2.38. The Kier molecular flexibility index (Phi) is 3.03. The third-order valence-corrected chi connectivity index (χ3v) is 4.25. The van der Waals surface area contributed by atoms with Gasteiger partial charge in [0.1, 0.15) is 11.4 Å². The Labute approximate surface area is 115 Å². The van der Waals surface area contributed by atoms with E-state index in [9.17, 15) is 4.79 Å². The lowest BCUT2D eigenvalue weighted by molar-refractivity contribution is 0.0200. The summed E-state index contributed by atoms with van der Waals surface area (Å²) in [5.41, 5.74) is 6.02. The van der Waals surface area contributed by atoms with Crippen LogP contribution in [0.5, 0.6) is 0 Å². The van der Waals surface area contributed by atoms with Gasteiger partial charge in [-0.15, -0.1) is 6.58 Å². The van der Waals surface area contributed by atoms with Gasteiger partial charge in [0.25, 0.3) is 0 Å². The van der Waals surface area contributed by atoms with E-state index < -0.39 is 5.54 Å². The molecule has 1 spiro atoms. The quantitative estimate of drug-likeness (QED) is 0.779. The first-order chi connectivity index (χ1) is 8.62. The summed E-state index contributed by atoms with van der Waals surface area (Å²) < 4.78 is 0. The monoisotopic (exact) mass is 263 g/mol. The molecule has 0 radical (unpaired) electrons. The molecule has 2 amide bonds. The molecule has 0 aromatic rings. The van der Waals surface area contributed by atoms with Crippen molar-refractivity contribution in [3.8, 4) is 0 Å². The van der Waals surface area contributed by atoms with Crippen molar-refractivity contribution in [1.82, 2.24) is 4.90 Å². The fourth-order valence-corrected chi connectivity index (χ4v) is 4.41. The van der Waals surface area contributed by atoms with Gasteiger partial charge in [-0.1, -0.05) is 33.8 Å². The molecule has 0 saturated heterocycles. The van der Waals surface area contributed by atoms with Crippen LogP contribution in [-0.4, -0.2) is 28.9 Å². The van der Waals surface area contributed by atoms with Crippen molar-refractivity contribution < 1.29 is 4.79 Å². The predicted octanol–water partition coefficient (Wildman–Crippen LogP) is 2.94. The molecule has 1 fully saturated rings. The average molecular weight is 263 g/mol. The second-order valence-electron chi connectivity index (χ2n) is 7.57. The number of nitrogens with zero attached hydrogens (tertiary/aromatic N) is 2. The van der Waals surface area contributed by atoms with Crippen LogP contribution in [-0.2, 0) is 0 Å². The maximum absolute atomic E-state index is 12.1. The SMILES string of the molecule is C=CCN1C(=O)N=C(N)C12CC(C)(C)CC(C)(C)C2. The zero-order valence-electron chi connectivity index (χ0n) is 12.5. The third-order valence-electron chi connectivity index (χ3n) is 4.25. The maximum atomic E-state index is 12.1. The van der Waals surface area contributed by atoms with E-state index in [0.717, 1.165) is 19.3 Å². The molecule has 19 heavy (non-hydrogen) atoms. The van der Waals surface area contributed by atoms with Crippen LogP contribution in [0.2, 0.25) is 0 Å². The zero-order chi connectivity index (χ0) is 14.5. The van der Waals surface area contributed by atoms with E-state index in [0.29, 0.717) is 12.4 Å². The van der Waals surface area contributed by atoms with Gasteiger partial charge in [0.15, 0.2) is 0 Å². The van der Waals surface area contributed by atoms with Crippen molar-refractivity contribution in [2.75, 3.05) is 6.54 Å². The molecule has 106 valence electrons. The smallest absolute Gasteiger partial charge is 0.346 e. The molecule has 0 bridgehead atoms. The van der Waals surface area contributed by atoms with Crippen molar-refractivity contribution in [3.63, 3.8) is 0 Å². The highest BCUT2D eigenvalue weighted by atomic mass is 16.2. The first kappa shape index (κ1) is 14.1. The second kappa shape index (κ2) is 4.09. The summed E-state index contributed by atoms with van der Waals surface area (Å²) in [7, 11) is 0. The summed E-state index contributed by atoms with van der Waals surface area (Å²) in [5.74, 6) is 0.486. The number of hydrogen-bond acceptors (Lipinski definition) is 2. The number of amidine groups is 1. The molecule has 1 aliphatic carbocycles.